The zero-order valence-corrected chi connectivity index (χ0v) is 15.4. The number of fused-ring (bicyclic) bond motifs is 1. The van der Waals surface area contributed by atoms with Crippen LogP contribution in [0.5, 0.6) is 5.88 Å². The number of hydrogen-bond donors (Lipinski definition) is 1. The van der Waals surface area contributed by atoms with E-state index >= 15 is 0 Å². The van der Waals surface area contributed by atoms with E-state index < -0.39 is 11.9 Å². The number of ether oxygens (including phenoxy) is 1. The maximum Gasteiger partial charge on any atom is 0.433 e. The number of amides is 1. The fraction of sp³-hybridized carbons (Fsp3) is 0.300. The molecular formula is C20H17F3N4O2. The molecule has 3 aromatic rings. The lowest BCUT2D eigenvalue weighted by molar-refractivity contribution is -0.141. The molecule has 6 nitrogen and oxygen atoms in total. The number of carbonyl (C=O) groups is 1. The Labute approximate surface area is 164 Å². The van der Waals surface area contributed by atoms with Crippen molar-refractivity contribution in [3.05, 3.63) is 48.4 Å². The summed E-state index contributed by atoms with van der Waals surface area (Å²) in [7, 11) is 0. The van der Waals surface area contributed by atoms with Gasteiger partial charge in [-0.1, -0.05) is 0 Å². The maximum absolute atomic E-state index is 12.8. The normalized spacial score (nSPS) is 17.9. The first-order valence-electron chi connectivity index (χ1n) is 9.04. The molecule has 1 aliphatic rings. The van der Waals surface area contributed by atoms with Crippen LogP contribution in [0, 0.1) is 5.92 Å². The lowest BCUT2D eigenvalue weighted by Gasteiger charge is -2.20. The molecule has 1 fully saturated rings. The van der Waals surface area contributed by atoms with Crippen LogP contribution in [-0.4, -0.2) is 33.5 Å². The second-order valence-electron chi connectivity index (χ2n) is 6.90. The van der Waals surface area contributed by atoms with Gasteiger partial charge in [0.05, 0.1) is 16.6 Å². The molecule has 1 unspecified atom stereocenters. The molecule has 0 aromatic carbocycles. The molecule has 9 heteroatoms. The molecule has 0 bridgehead atoms. The van der Waals surface area contributed by atoms with Gasteiger partial charge in [-0.2, -0.15) is 13.2 Å². The number of hydrogen-bond acceptors (Lipinski definition) is 5. The predicted octanol–water partition coefficient (Wildman–Crippen LogP) is 3.61. The Morgan fingerprint density at radius 1 is 1.24 bits per heavy atom. The van der Waals surface area contributed by atoms with E-state index in [1.165, 1.54) is 6.07 Å². The number of rotatable bonds is 4. The van der Waals surface area contributed by atoms with Crippen LogP contribution < -0.4 is 10.1 Å². The quantitative estimate of drug-likeness (QED) is 0.721. The molecular weight excluding hydrogens is 385 g/mol. The maximum atomic E-state index is 12.8. The van der Waals surface area contributed by atoms with E-state index in [1.54, 1.807) is 18.3 Å². The van der Waals surface area contributed by atoms with Gasteiger partial charge in [0.15, 0.2) is 0 Å². The van der Waals surface area contributed by atoms with Crippen molar-refractivity contribution in [1.29, 1.82) is 0 Å². The number of pyridine rings is 3. The van der Waals surface area contributed by atoms with Crippen molar-refractivity contribution >= 4 is 16.8 Å². The minimum atomic E-state index is -4.51. The first-order chi connectivity index (χ1) is 13.8. The summed E-state index contributed by atoms with van der Waals surface area (Å²) >= 11 is 0. The summed E-state index contributed by atoms with van der Waals surface area (Å²) in [6.07, 6.45) is -1.67. The summed E-state index contributed by atoms with van der Waals surface area (Å²) in [4.78, 5) is 23.8. The Kier molecular flexibility index (Phi) is 4.81. The molecule has 1 amide bonds. The second kappa shape index (κ2) is 7.31. The van der Waals surface area contributed by atoms with Gasteiger partial charge in [0, 0.05) is 36.8 Å². The second-order valence-corrected chi connectivity index (χ2v) is 6.90. The van der Waals surface area contributed by atoms with E-state index in [2.05, 4.69) is 20.3 Å². The lowest BCUT2D eigenvalue weighted by Crippen LogP contribution is -2.26. The molecule has 3 aromatic heterocycles. The third kappa shape index (κ3) is 3.98. The highest BCUT2D eigenvalue weighted by Crippen LogP contribution is 2.32. The van der Waals surface area contributed by atoms with Crippen molar-refractivity contribution in [2.75, 3.05) is 6.54 Å². The molecule has 0 radical (unpaired) electrons. The Balaban J connectivity index is 1.70. The number of alkyl halides is 3. The highest BCUT2D eigenvalue weighted by atomic mass is 19.4. The van der Waals surface area contributed by atoms with Gasteiger partial charge in [0.1, 0.15) is 11.8 Å². The van der Waals surface area contributed by atoms with Crippen LogP contribution in [0.2, 0.25) is 0 Å². The monoisotopic (exact) mass is 402 g/mol. The molecule has 150 valence electrons. The largest absolute Gasteiger partial charge is 0.474 e. The number of nitrogens with zero attached hydrogens (tertiary/aromatic N) is 3. The molecule has 0 spiro atoms. The number of halogens is 3. The summed E-state index contributed by atoms with van der Waals surface area (Å²) in [6.45, 7) is 2.39. The lowest BCUT2D eigenvalue weighted by atomic mass is 10.0. The van der Waals surface area contributed by atoms with E-state index in [1.807, 2.05) is 13.0 Å². The first-order valence-corrected chi connectivity index (χ1v) is 9.04. The van der Waals surface area contributed by atoms with Crippen molar-refractivity contribution in [1.82, 2.24) is 20.3 Å². The van der Waals surface area contributed by atoms with Gasteiger partial charge in [-0.3, -0.25) is 14.8 Å². The topological polar surface area (TPSA) is 77.0 Å². The molecule has 0 saturated carbocycles. The van der Waals surface area contributed by atoms with Crippen molar-refractivity contribution in [2.24, 2.45) is 5.92 Å². The van der Waals surface area contributed by atoms with Gasteiger partial charge in [-0.25, -0.2) is 4.98 Å². The van der Waals surface area contributed by atoms with Crippen LogP contribution in [0.1, 0.15) is 19.0 Å². The van der Waals surface area contributed by atoms with Crippen LogP contribution in [0.4, 0.5) is 13.2 Å². The Bertz CT molecular complexity index is 1050. The number of nitrogens with one attached hydrogen (secondary N) is 1. The molecule has 1 N–H and O–H groups in total. The Morgan fingerprint density at radius 3 is 2.72 bits per heavy atom. The number of aromatic nitrogens is 3. The van der Waals surface area contributed by atoms with E-state index in [4.69, 9.17) is 4.74 Å². The van der Waals surface area contributed by atoms with Gasteiger partial charge < -0.3 is 10.1 Å². The average molecular weight is 402 g/mol. The summed E-state index contributed by atoms with van der Waals surface area (Å²) < 4.78 is 44.4. The van der Waals surface area contributed by atoms with Crippen LogP contribution >= 0.6 is 0 Å². The molecule has 2 atom stereocenters. The fourth-order valence-corrected chi connectivity index (χ4v) is 3.23. The summed E-state index contributed by atoms with van der Waals surface area (Å²) in [6, 6.07) is 7.47. The van der Waals surface area contributed by atoms with Gasteiger partial charge in [0.2, 0.25) is 11.8 Å². The number of carbonyl (C=O) groups excluding carboxylic acids is 1. The van der Waals surface area contributed by atoms with E-state index in [9.17, 15) is 18.0 Å². The highest BCUT2D eigenvalue weighted by molar-refractivity contribution is 5.86. The third-order valence-corrected chi connectivity index (χ3v) is 4.88. The van der Waals surface area contributed by atoms with Crippen LogP contribution in [-0.2, 0) is 11.0 Å². The van der Waals surface area contributed by atoms with Gasteiger partial charge in [-0.05, 0) is 37.3 Å². The Hall–Kier alpha value is -3.23. The summed E-state index contributed by atoms with van der Waals surface area (Å²) in [5.41, 5.74) is 0.449. The van der Waals surface area contributed by atoms with Gasteiger partial charge >= 0.3 is 6.18 Å². The zero-order chi connectivity index (χ0) is 20.6. The van der Waals surface area contributed by atoms with Crippen molar-refractivity contribution in [3.63, 3.8) is 0 Å². The minimum Gasteiger partial charge on any atom is -0.474 e. The summed E-state index contributed by atoms with van der Waals surface area (Å²) in [5.74, 6) is 0.305. The molecule has 29 heavy (non-hydrogen) atoms. The highest BCUT2D eigenvalue weighted by Gasteiger charge is 2.32. The van der Waals surface area contributed by atoms with Gasteiger partial charge in [-0.15, -0.1) is 0 Å². The third-order valence-electron chi connectivity index (χ3n) is 4.88. The van der Waals surface area contributed by atoms with E-state index in [0.717, 1.165) is 12.3 Å². The van der Waals surface area contributed by atoms with Crippen LogP contribution in [0.3, 0.4) is 0 Å². The molecule has 1 saturated heterocycles. The standard InChI is InChI=1S/C20H17F3N4O2/c1-11(13-7-18(28)26-10-13)29-19-14-3-2-6-24-16(14)8-15(27-19)12-4-5-17(25-9-12)20(21,22)23/h2-6,8-9,11,13H,7,10H2,1H3,(H,26,28)/t11?,13-/m1/s1. The van der Waals surface area contributed by atoms with Crippen molar-refractivity contribution < 1.29 is 22.7 Å². The minimum absolute atomic E-state index is 0.00686. The first kappa shape index (κ1) is 19.1. The SMILES string of the molecule is CC(Oc1nc(-c2ccc(C(F)(F)F)nc2)cc2ncccc12)[C@H]1CNC(=O)C1. The van der Waals surface area contributed by atoms with Crippen molar-refractivity contribution in [3.8, 4) is 17.1 Å². The van der Waals surface area contributed by atoms with Crippen LogP contribution in [0.25, 0.3) is 22.2 Å². The predicted molar refractivity (Wildman–Crippen MR) is 99.0 cm³/mol. The smallest absolute Gasteiger partial charge is 0.433 e. The van der Waals surface area contributed by atoms with Crippen LogP contribution in [0.15, 0.2) is 42.7 Å². The summed E-state index contributed by atoms with van der Waals surface area (Å²) in [5, 5.41) is 3.46. The van der Waals surface area contributed by atoms with E-state index in [0.29, 0.717) is 41.0 Å². The van der Waals surface area contributed by atoms with Gasteiger partial charge in [0.25, 0.3) is 0 Å². The fourth-order valence-electron chi connectivity index (χ4n) is 3.23. The Morgan fingerprint density at radius 2 is 2.07 bits per heavy atom. The molecule has 0 aliphatic carbocycles. The molecule has 4 rings (SSSR count). The molecule has 1 aliphatic heterocycles. The average Bonchev–Trinajstić information content (AvgIpc) is 3.14. The zero-order valence-electron chi connectivity index (χ0n) is 15.4. The van der Waals surface area contributed by atoms with Crippen molar-refractivity contribution in [2.45, 2.75) is 25.6 Å². The molecule has 4 heterocycles. The van der Waals surface area contributed by atoms with E-state index in [-0.39, 0.29) is 17.9 Å².